The van der Waals surface area contributed by atoms with Gasteiger partial charge in [0.15, 0.2) is 0 Å². The van der Waals surface area contributed by atoms with E-state index in [1.165, 1.54) is 24.3 Å². The highest BCUT2D eigenvalue weighted by Gasteiger charge is 2.28. The molecule has 2 atom stereocenters. The third-order valence-corrected chi connectivity index (χ3v) is 4.96. The Morgan fingerprint density at radius 2 is 1.00 bits per heavy atom. The summed E-state index contributed by atoms with van der Waals surface area (Å²) in [6, 6.07) is 15.6. The summed E-state index contributed by atoms with van der Waals surface area (Å²) in [5.41, 5.74) is 0.625. The normalized spacial score (nSPS) is 12.0. The predicted molar refractivity (Wildman–Crippen MR) is 119 cm³/mol. The molecule has 2 aromatic rings. The van der Waals surface area contributed by atoms with Gasteiger partial charge in [0.25, 0.3) is 0 Å². The second kappa shape index (κ2) is 13.3. The lowest BCUT2D eigenvalue weighted by Crippen LogP contribution is -2.25. The average Bonchev–Trinajstić information content (AvgIpc) is 2.85. The number of Topliss-reactive ketones (excluding diaryl/α,β-unsaturated/α-hetero) is 1. The van der Waals surface area contributed by atoms with Crippen molar-refractivity contribution in [1.29, 1.82) is 0 Å². The smallest absolute Gasteiger partial charge is 0.382 e. The first kappa shape index (κ1) is 27.6. The Morgan fingerprint density at radius 3 is 1.42 bits per heavy atom. The molecule has 0 aliphatic rings. The third-order valence-electron chi connectivity index (χ3n) is 4.96. The molecule has 0 aliphatic heterocycles. The molecular formula is C25H22O11. The molecule has 11 heteroatoms. The van der Waals surface area contributed by atoms with Gasteiger partial charge < -0.3 is 19.7 Å². The zero-order valence-corrected chi connectivity index (χ0v) is 18.8. The van der Waals surface area contributed by atoms with Gasteiger partial charge in [0.05, 0.1) is 31.1 Å². The van der Waals surface area contributed by atoms with E-state index in [0.29, 0.717) is 11.1 Å². The molecule has 0 heterocycles. The molecule has 0 bridgehead atoms. The number of esters is 4. The summed E-state index contributed by atoms with van der Waals surface area (Å²) >= 11 is 0. The fraction of sp³-hybridized carbons (Fsp3) is 0.240. The molecular weight excluding hydrogens is 476 g/mol. The molecule has 11 nitrogen and oxygen atoms in total. The number of ketones is 1. The second-order valence-electron chi connectivity index (χ2n) is 7.54. The van der Waals surface area contributed by atoms with Crippen LogP contribution in [0.2, 0.25) is 0 Å². The highest BCUT2D eigenvalue weighted by atomic mass is 16.6. The van der Waals surface area contributed by atoms with Gasteiger partial charge in [0.1, 0.15) is 0 Å². The molecule has 188 valence electrons. The van der Waals surface area contributed by atoms with Crippen LogP contribution >= 0.6 is 0 Å². The zero-order valence-electron chi connectivity index (χ0n) is 18.8. The van der Waals surface area contributed by atoms with Crippen LogP contribution in [-0.2, 0) is 43.0 Å². The molecule has 0 spiro atoms. The number of rotatable bonds is 12. The molecule has 0 radical (unpaired) electrons. The topological polar surface area (TPSA) is 178 Å². The van der Waals surface area contributed by atoms with Crippen molar-refractivity contribution in [1.82, 2.24) is 0 Å². The number of carbonyl (C=O) groups is 7. The molecule has 2 unspecified atom stereocenters. The zero-order chi connectivity index (χ0) is 26.7. The highest BCUT2D eigenvalue weighted by Crippen LogP contribution is 2.21. The van der Waals surface area contributed by atoms with Gasteiger partial charge in [-0.1, -0.05) is 60.7 Å². The number of carboxylic acids is 2. The van der Waals surface area contributed by atoms with Crippen molar-refractivity contribution in [3.63, 3.8) is 0 Å². The van der Waals surface area contributed by atoms with Gasteiger partial charge in [-0.25, -0.2) is 4.79 Å². The maximum absolute atomic E-state index is 12.0. The van der Waals surface area contributed by atoms with Crippen LogP contribution < -0.4 is 0 Å². The summed E-state index contributed by atoms with van der Waals surface area (Å²) in [4.78, 5) is 82.4. The maximum atomic E-state index is 12.0. The first-order valence-corrected chi connectivity index (χ1v) is 10.6. The number of carboxylic acid groups (broad SMARTS) is 2. The second-order valence-corrected chi connectivity index (χ2v) is 7.54. The van der Waals surface area contributed by atoms with E-state index in [1.807, 2.05) is 0 Å². The van der Waals surface area contributed by atoms with E-state index in [-0.39, 0.29) is 0 Å². The molecule has 0 saturated heterocycles. The van der Waals surface area contributed by atoms with Gasteiger partial charge in [-0.2, -0.15) is 0 Å². The van der Waals surface area contributed by atoms with E-state index in [4.69, 9.17) is 0 Å². The minimum absolute atomic E-state index is 0.297. The molecule has 0 amide bonds. The maximum Gasteiger partial charge on any atom is 0.382 e. The fourth-order valence-corrected chi connectivity index (χ4v) is 3.14. The molecule has 0 saturated carbocycles. The van der Waals surface area contributed by atoms with Crippen molar-refractivity contribution in [2.45, 2.75) is 37.5 Å². The van der Waals surface area contributed by atoms with Gasteiger partial charge >= 0.3 is 35.8 Å². The quantitative estimate of drug-likeness (QED) is 0.248. The Kier molecular flexibility index (Phi) is 10.2. The summed E-state index contributed by atoms with van der Waals surface area (Å²) < 4.78 is 8.89. The van der Waals surface area contributed by atoms with Crippen LogP contribution in [0.5, 0.6) is 0 Å². The number of benzene rings is 2. The van der Waals surface area contributed by atoms with E-state index in [0.717, 1.165) is 0 Å². The first-order chi connectivity index (χ1) is 17.1. The first-order valence-electron chi connectivity index (χ1n) is 10.6. The van der Waals surface area contributed by atoms with Crippen LogP contribution in [-0.4, -0.2) is 51.8 Å². The number of aliphatic carboxylic acids is 2. The van der Waals surface area contributed by atoms with Crippen LogP contribution in [0.3, 0.4) is 0 Å². The largest absolute Gasteiger partial charge is 0.481 e. The summed E-state index contributed by atoms with van der Waals surface area (Å²) in [6.45, 7) is 0. The van der Waals surface area contributed by atoms with Crippen molar-refractivity contribution in [3.8, 4) is 0 Å². The van der Waals surface area contributed by atoms with Crippen LogP contribution in [0.15, 0.2) is 60.7 Å². The van der Waals surface area contributed by atoms with Crippen LogP contribution in [0, 0.1) is 0 Å². The van der Waals surface area contributed by atoms with Crippen molar-refractivity contribution in [2.24, 2.45) is 0 Å². The van der Waals surface area contributed by atoms with Crippen molar-refractivity contribution in [3.05, 3.63) is 71.8 Å². The monoisotopic (exact) mass is 498 g/mol. The Bertz CT molecular complexity index is 1140. The minimum Gasteiger partial charge on any atom is -0.481 e. The van der Waals surface area contributed by atoms with Crippen molar-refractivity contribution < 1.29 is 53.2 Å². The van der Waals surface area contributed by atoms with E-state index < -0.39 is 79.1 Å². The van der Waals surface area contributed by atoms with E-state index in [1.54, 1.807) is 36.4 Å². The lowest BCUT2D eigenvalue weighted by atomic mass is 9.96. The van der Waals surface area contributed by atoms with Gasteiger partial charge in [0.2, 0.25) is 5.78 Å². The van der Waals surface area contributed by atoms with E-state index in [2.05, 4.69) is 9.47 Å². The number of hydrogen-bond acceptors (Lipinski definition) is 9. The lowest BCUT2D eigenvalue weighted by Gasteiger charge is -2.12. The van der Waals surface area contributed by atoms with Crippen LogP contribution in [0.4, 0.5) is 0 Å². The van der Waals surface area contributed by atoms with Gasteiger partial charge in [-0.3, -0.25) is 28.8 Å². The highest BCUT2D eigenvalue weighted by molar-refractivity contribution is 6.35. The molecule has 0 aromatic heterocycles. The fourth-order valence-electron chi connectivity index (χ4n) is 3.14. The Labute approximate surface area is 204 Å². The summed E-state index contributed by atoms with van der Waals surface area (Å²) in [6.07, 6.45) is -2.80. The number of ether oxygens (including phenoxy) is 2. The Balaban J connectivity index is 1.81. The average molecular weight is 498 g/mol. The van der Waals surface area contributed by atoms with E-state index >= 15 is 0 Å². The molecule has 2 rings (SSSR count). The Hall–Kier alpha value is -4.67. The number of carbonyl (C=O) groups excluding carboxylic acids is 5. The number of hydrogen-bond donors (Lipinski definition) is 2. The van der Waals surface area contributed by atoms with Gasteiger partial charge in [0, 0.05) is 6.42 Å². The summed E-state index contributed by atoms with van der Waals surface area (Å²) in [7, 11) is 0. The molecule has 36 heavy (non-hydrogen) atoms. The third kappa shape index (κ3) is 8.60. The summed E-state index contributed by atoms with van der Waals surface area (Å²) in [5, 5.41) is 18.6. The van der Waals surface area contributed by atoms with Crippen molar-refractivity contribution >= 4 is 41.6 Å². The molecule has 2 aromatic carbocycles. The van der Waals surface area contributed by atoms with E-state index in [9.17, 15) is 43.8 Å². The SMILES string of the molecule is O=C(CCC(=O)C(=O)OC(=O)CC(C(=O)O)c1ccccc1)OC(=O)CC(C(=O)O)c1ccccc1. The Morgan fingerprint density at radius 1 is 0.583 bits per heavy atom. The molecule has 2 N–H and O–H groups in total. The van der Waals surface area contributed by atoms with Crippen LogP contribution in [0.1, 0.15) is 48.6 Å². The summed E-state index contributed by atoms with van der Waals surface area (Å²) in [5.74, 6) is -11.6. The predicted octanol–water partition coefficient (Wildman–Crippen LogP) is 1.99. The van der Waals surface area contributed by atoms with Crippen LogP contribution in [0.25, 0.3) is 0 Å². The van der Waals surface area contributed by atoms with Gasteiger partial charge in [-0.15, -0.1) is 0 Å². The lowest BCUT2D eigenvalue weighted by molar-refractivity contribution is -0.165. The molecule has 0 aliphatic carbocycles. The minimum atomic E-state index is -1.59. The molecule has 0 fully saturated rings. The standard InChI is InChI=1S/C25H22O11/c26-19(25(34)36-22(29)14-18(24(32)33)16-9-5-2-6-10-16)11-12-20(27)35-21(28)13-17(23(30)31)15-7-3-1-4-8-15/h1-10,17-18H,11-14H2,(H,30,31)(H,32,33). The van der Waals surface area contributed by atoms with Gasteiger partial charge in [-0.05, 0) is 11.1 Å². The van der Waals surface area contributed by atoms with Crippen molar-refractivity contribution in [2.75, 3.05) is 0 Å².